The van der Waals surface area contributed by atoms with Crippen LogP contribution in [0.5, 0.6) is 0 Å². The van der Waals surface area contributed by atoms with Crippen LogP contribution >= 0.6 is 11.6 Å². The number of rotatable bonds is 3. The van der Waals surface area contributed by atoms with Gasteiger partial charge in [0.25, 0.3) is 5.91 Å². The van der Waals surface area contributed by atoms with Gasteiger partial charge in [-0.1, -0.05) is 18.0 Å². The van der Waals surface area contributed by atoms with Crippen LogP contribution in [0.2, 0.25) is 5.02 Å². The molecule has 1 atom stereocenters. The Bertz CT molecular complexity index is 581. The Labute approximate surface area is 148 Å². The molecule has 1 aliphatic carbocycles. The molecule has 0 aromatic heterocycles. The van der Waals surface area contributed by atoms with Gasteiger partial charge in [0.15, 0.2) is 0 Å². The van der Waals surface area contributed by atoms with Crippen LogP contribution in [-0.4, -0.2) is 36.0 Å². The van der Waals surface area contributed by atoms with Gasteiger partial charge in [0.2, 0.25) is 0 Å². The molecule has 4 nitrogen and oxygen atoms in total. The van der Waals surface area contributed by atoms with Crippen LogP contribution in [0.15, 0.2) is 24.3 Å². The van der Waals surface area contributed by atoms with E-state index in [0.29, 0.717) is 23.7 Å². The van der Waals surface area contributed by atoms with Gasteiger partial charge in [0, 0.05) is 23.7 Å². The molecule has 1 amide bonds. The molecule has 130 valence electrons. The topological polar surface area (TPSA) is 46.6 Å². The second kappa shape index (κ2) is 8.02. The van der Waals surface area contributed by atoms with Crippen molar-refractivity contribution in [1.29, 1.82) is 0 Å². The number of benzene rings is 1. The molecule has 5 heteroatoms. The monoisotopic (exact) mass is 349 g/mol. The first-order chi connectivity index (χ1) is 11.6. The lowest BCUT2D eigenvalue weighted by molar-refractivity contribution is -0.157. The maximum absolute atomic E-state index is 12.6. The fourth-order valence-corrected chi connectivity index (χ4v) is 3.70. The lowest BCUT2D eigenvalue weighted by Gasteiger charge is -2.33. The number of esters is 1. The molecule has 2 aliphatic rings. The predicted octanol–water partition coefficient (Wildman–Crippen LogP) is 4.07. The second-order valence-electron chi connectivity index (χ2n) is 6.79. The van der Waals surface area contributed by atoms with Crippen molar-refractivity contribution >= 4 is 23.5 Å². The summed E-state index contributed by atoms with van der Waals surface area (Å²) in [7, 11) is 0. The average Bonchev–Trinajstić information content (AvgIpc) is 2.63. The summed E-state index contributed by atoms with van der Waals surface area (Å²) in [6.07, 6.45) is 7.19. The summed E-state index contributed by atoms with van der Waals surface area (Å²) < 4.78 is 5.69. The highest BCUT2D eigenvalue weighted by Crippen LogP contribution is 2.25. The maximum atomic E-state index is 12.6. The summed E-state index contributed by atoms with van der Waals surface area (Å²) in [5.74, 6) is -0.366. The molecule has 24 heavy (non-hydrogen) atoms. The molecular formula is C19H24ClNO3. The van der Waals surface area contributed by atoms with Gasteiger partial charge >= 0.3 is 5.97 Å². The number of carbonyl (C=O) groups excluding carboxylic acids is 2. The molecule has 1 aromatic carbocycles. The molecule has 3 rings (SSSR count). The summed E-state index contributed by atoms with van der Waals surface area (Å²) in [4.78, 5) is 26.8. The zero-order valence-corrected chi connectivity index (χ0v) is 14.6. The van der Waals surface area contributed by atoms with Crippen LogP contribution in [0.3, 0.4) is 0 Å². The first kappa shape index (κ1) is 17.3. The van der Waals surface area contributed by atoms with Gasteiger partial charge in [-0.15, -0.1) is 0 Å². The van der Waals surface area contributed by atoms with Gasteiger partial charge in [-0.2, -0.15) is 0 Å². The highest BCUT2D eigenvalue weighted by atomic mass is 35.5. The molecule has 1 saturated carbocycles. The normalized spacial score (nSPS) is 22.2. The van der Waals surface area contributed by atoms with Crippen molar-refractivity contribution in [2.24, 2.45) is 5.92 Å². The van der Waals surface area contributed by atoms with E-state index >= 15 is 0 Å². The Morgan fingerprint density at radius 1 is 1.00 bits per heavy atom. The number of likely N-dealkylation sites (tertiary alicyclic amines) is 1. The third-order valence-electron chi connectivity index (χ3n) is 4.97. The van der Waals surface area contributed by atoms with Crippen molar-refractivity contribution in [2.45, 2.75) is 51.0 Å². The van der Waals surface area contributed by atoms with E-state index in [-0.39, 0.29) is 23.9 Å². The van der Waals surface area contributed by atoms with E-state index in [1.54, 1.807) is 29.2 Å². The summed E-state index contributed by atoms with van der Waals surface area (Å²) in [5, 5.41) is 0.610. The van der Waals surface area contributed by atoms with Crippen LogP contribution < -0.4 is 0 Å². The minimum atomic E-state index is -0.197. The second-order valence-corrected chi connectivity index (χ2v) is 7.23. The molecule has 1 aromatic rings. The molecule has 0 radical (unpaired) electrons. The van der Waals surface area contributed by atoms with E-state index in [4.69, 9.17) is 16.3 Å². The molecule has 0 N–H and O–H groups in total. The Morgan fingerprint density at radius 3 is 2.42 bits per heavy atom. The molecule has 0 bridgehead atoms. The Morgan fingerprint density at radius 2 is 1.71 bits per heavy atom. The zero-order chi connectivity index (χ0) is 16.9. The molecule has 2 fully saturated rings. The van der Waals surface area contributed by atoms with Crippen molar-refractivity contribution in [3.8, 4) is 0 Å². The van der Waals surface area contributed by atoms with Crippen LogP contribution in [0.25, 0.3) is 0 Å². The number of ether oxygens (including phenoxy) is 1. The highest BCUT2D eigenvalue weighted by Gasteiger charge is 2.31. The van der Waals surface area contributed by atoms with Gasteiger partial charge in [-0.05, 0) is 62.8 Å². The van der Waals surface area contributed by atoms with Crippen molar-refractivity contribution in [3.05, 3.63) is 34.9 Å². The third kappa shape index (κ3) is 4.29. The molecule has 1 heterocycles. The van der Waals surface area contributed by atoms with Crippen LogP contribution in [0.4, 0.5) is 0 Å². The Hall–Kier alpha value is -1.55. The van der Waals surface area contributed by atoms with Crippen molar-refractivity contribution in [2.75, 3.05) is 13.1 Å². The van der Waals surface area contributed by atoms with E-state index in [2.05, 4.69) is 0 Å². The van der Waals surface area contributed by atoms with E-state index in [1.165, 1.54) is 6.42 Å². The quantitative estimate of drug-likeness (QED) is 0.773. The largest absolute Gasteiger partial charge is 0.462 e. The molecule has 1 aliphatic heterocycles. The number of hydrogen-bond donors (Lipinski definition) is 0. The van der Waals surface area contributed by atoms with E-state index in [9.17, 15) is 9.59 Å². The van der Waals surface area contributed by atoms with Gasteiger partial charge in [0.1, 0.15) is 6.10 Å². The fourth-order valence-electron chi connectivity index (χ4n) is 3.57. The SMILES string of the molecule is O=C(OC1CCCCC1)C1CCCN(C(=O)c2ccc(Cl)cc2)C1. The highest BCUT2D eigenvalue weighted by molar-refractivity contribution is 6.30. The average molecular weight is 350 g/mol. The molecule has 0 spiro atoms. The number of piperidine rings is 1. The summed E-state index contributed by atoms with van der Waals surface area (Å²) >= 11 is 5.87. The lowest BCUT2D eigenvalue weighted by atomic mass is 9.95. The predicted molar refractivity (Wildman–Crippen MR) is 93.0 cm³/mol. The van der Waals surface area contributed by atoms with Gasteiger partial charge in [-0.3, -0.25) is 9.59 Å². The van der Waals surface area contributed by atoms with Crippen molar-refractivity contribution < 1.29 is 14.3 Å². The fraction of sp³-hybridized carbons (Fsp3) is 0.579. The van der Waals surface area contributed by atoms with Crippen LogP contribution in [0.1, 0.15) is 55.3 Å². The van der Waals surface area contributed by atoms with Crippen LogP contribution in [0, 0.1) is 5.92 Å². The smallest absolute Gasteiger partial charge is 0.311 e. The van der Waals surface area contributed by atoms with Gasteiger partial charge in [-0.25, -0.2) is 0 Å². The minimum Gasteiger partial charge on any atom is -0.462 e. The van der Waals surface area contributed by atoms with E-state index in [1.807, 2.05) is 0 Å². The molecule has 1 saturated heterocycles. The van der Waals surface area contributed by atoms with Gasteiger partial charge in [0.05, 0.1) is 5.92 Å². The van der Waals surface area contributed by atoms with Gasteiger partial charge < -0.3 is 9.64 Å². The standard InChI is InChI=1S/C19H24ClNO3/c20-16-10-8-14(9-11-16)18(22)21-12-4-5-15(13-21)19(23)24-17-6-2-1-3-7-17/h8-11,15,17H,1-7,12-13H2. The number of amides is 1. The number of hydrogen-bond acceptors (Lipinski definition) is 3. The maximum Gasteiger partial charge on any atom is 0.311 e. The van der Waals surface area contributed by atoms with Crippen molar-refractivity contribution in [3.63, 3.8) is 0 Å². The number of carbonyl (C=O) groups is 2. The van der Waals surface area contributed by atoms with E-state index < -0.39 is 0 Å². The van der Waals surface area contributed by atoms with Crippen molar-refractivity contribution in [1.82, 2.24) is 4.90 Å². The summed E-state index contributed by atoms with van der Waals surface area (Å²) in [6, 6.07) is 6.89. The first-order valence-corrected chi connectivity index (χ1v) is 9.26. The summed E-state index contributed by atoms with van der Waals surface area (Å²) in [5.41, 5.74) is 0.612. The Kier molecular flexibility index (Phi) is 5.77. The molecular weight excluding hydrogens is 326 g/mol. The number of nitrogens with zero attached hydrogens (tertiary/aromatic N) is 1. The first-order valence-electron chi connectivity index (χ1n) is 8.89. The lowest BCUT2D eigenvalue weighted by Crippen LogP contribution is -2.43. The van der Waals surface area contributed by atoms with Crippen LogP contribution in [-0.2, 0) is 9.53 Å². The third-order valence-corrected chi connectivity index (χ3v) is 5.22. The Balaban J connectivity index is 1.58. The summed E-state index contributed by atoms with van der Waals surface area (Å²) in [6.45, 7) is 1.14. The zero-order valence-electron chi connectivity index (χ0n) is 13.9. The van der Waals surface area contributed by atoms with E-state index in [0.717, 1.165) is 38.5 Å². The molecule has 1 unspecified atom stereocenters. The minimum absolute atomic E-state index is 0.0400. The number of halogens is 1.